The third-order valence-corrected chi connectivity index (χ3v) is 5.37. The molecule has 2 N–H and O–H groups in total. The van der Waals surface area contributed by atoms with Crippen LogP contribution in [0.15, 0.2) is 121 Å². The van der Waals surface area contributed by atoms with Crippen LogP contribution in [0.4, 0.5) is 0 Å². The summed E-state index contributed by atoms with van der Waals surface area (Å²) in [6, 6.07) is 38.4. The molecule has 0 spiro atoms. The van der Waals surface area contributed by atoms with E-state index in [1.165, 1.54) is 0 Å². The minimum Gasteiger partial charge on any atom is -0.346 e. The van der Waals surface area contributed by atoms with Crippen LogP contribution in [0.3, 0.4) is 0 Å². The Labute approximate surface area is 201 Å². The Bertz CT molecular complexity index is 1050. The lowest BCUT2D eigenvalue weighted by atomic mass is 10.1. The van der Waals surface area contributed by atoms with E-state index in [9.17, 15) is 9.59 Å². The summed E-state index contributed by atoms with van der Waals surface area (Å²) in [6.45, 7) is 3.96. The number of benzene rings is 4. The molecular formula is C30H30N2O2. The van der Waals surface area contributed by atoms with Crippen molar-refractivity contribution in [1.29, 1.82) is 0 Å². The van der Waals surface area contributed by atoms with Gasteiger partial charge in [-0.15, -0.1) is 0 Å². The minimum absolute atomic E-state index is 0.0175. The fourth-order valence-electron chi connectivity index (χ4n) is 3.39. The van der Waals surface area contributed by atoms with Crippen molar-refractivity contribution in [2.75, 3.05) is 0 Å². The number of hydrogen-bond donors (Lipinski definition) is 2. The maximum absolute atomic E-state index is 11.9. The number of rotatable bonds is 6. The molecule has 2 amide bonds. The van der Waals surface area contributed by atoms with E-state index in [1.807, 2.05) is 135 Å². The molecule has 0 unspecified atom stereocenters. The summed E-state index contributed by atoms with van der Waals surface area (Å²) in [4.78, 5) is 23.8. The molecule has 34 heavy (non-hydrogen) atoms. The standard InChI is InChI=1S/2C15H15NO/c2*1-12(13-8-4-2-5-9-13)16-15(17)14-10-6-3-7-11-14/h2*2-12H,1H3,(H,16,17)/t2*12-/m00/s1. The summed E-state index contributed by atoms with van der Waals surface area (Å²) in [6.07, 6.45) is 0. The lowest BCUT2D eigenvalue weighted by Crippen LogP contribution is -2.26. The molecular weight excluding hydrogens is 420 g/mol. The van der Waals surface area contributed by atoms with Crippen LogP contribution in [0.1, 0.15) is 57.8 Å². The van der Waals surface area contributed by atoms with Crippen LogP contribution in [0.5, 0.6) is 0 Å². The molecule has 4 heteroatoms. The third kappa shape index (κ3) is 7.45. The van der Waals surface area contributed by atoms with Crippen molar-refractivity contribution in [2.45, 2.75) is 25.9 Å². The summed E-state index contributed by atoms with van der Waals surface area (Å²) in [5.41, 5.74) is 3.60. The highest BCUT2D eigenvalue weighted by Crippen LogP contribution is 2.13. The summed E-state index contributed by atoms with van der Waals surface area (Å²) >= 11 is 0. The molecule has 0 heterocycles. The summed E-state index contributed by atoms with van der Waals surface area (Å²) < 4.78 is 0. The summed E-state index contributed by atoms with van der Waals surface area (Å²) in [5.74, 6) is -0.0797. The molecule has 4 nitrogen and oxygen atoms in total. The molecule has 2 atom stereocenters. The van der Waals surface area contributed by atoms with Crippen molar-refractivity contribution >= 4 is 11.8 Å². The van der Waals surface area contributed by atoms with E-state index < -0.39 is 0 Å². The van der Waals surface area contributed by atoms with E-state index in [-0.39, 0.29) is 23.9 Å². The molecule has 0 aliphatic rings. The van der Waals surface area contributed by atoms with Gasteiger partial charge in [0, 0.05) is 11.1 Å². The first-order valence-corrected chi connectivity index (χ1v) is 11.4. The lowest BCUT2D eigenvalue weighted by Gasteiger charge is -2.14. The first-order chi connectivity index (χ1) is 16.5. The number of carbonyl (C=O) groups is 2. The Morgan fingerprint density at radius 1 is 0.471 bits per heavy atom. The van der Waals surface area contributed by atoms with Crippen molar-refractivity contribution in [1.82, 2.24) is 10.6 Å². The number of amides is 2. The maximum atomic E-state index is 11.9. The zero-order chi connectivity index (χ0) is 24.2. The molecule has 0 bridgehead atoms. The average molecular weight is 451 g/mol. The number of nitrogens with one attached hydrogen (secondary N) is 2. The Kier molecular flexibility index (Phi) is 9.18. The van der Waals surface area contributed by atoms with Crippen LogP contribution in [0.2, 0.25) is 0 Å². The van der Waals surface area contributed by atoms with Gasteiger partial charge in [-0.2, -0.15) is 0 Å². The van der Waals surface area contributed by atoms with Gasteiger partial charge in [0.1, 0.15) is 0 Å². The highest BCUT2D eigenvalue weighted by molar-refractivity contribution is 5.94. The predicted molar refractivity (Wildman–Crippen MR) is 138 cm³/mol. The van der Waals surface area contributed by atoms with E-state index >= 15 is 0 Å². The highest BCUT2D eigenvalue weighted by atomic mass is 16.2. The van der Waals surface area contributed by atoms with E-state index in [0.717, 1.165) is 11.1 Å². The molecule has 4 aromatic rings. The predicted octanol–water partition coefficient (Wildman–Crippen LogP) is 6.36. The fraction of sp³-hybridized carbons (Fsp3) is 0.133. The Balaban J connectivity index is 0.000000191. The van der Waals surface area contributed by atoms with Crippen molar-refractivity contribution in [3.05, 3.63) is 144 Å². The van der Waals surface area contributed by atoms with Gasteiger partial charge in [-0.1, -0.05) is 97.1 Å². The maximum Gasteiger partial charge on any atom is 0.251 e. The molecule has 0 aliphatic carbocycles. The number of carbonyl (C=O) groups excluding carboxylic acids is 2. The van der Waals surface area contributed by atoms with Crippen molar-refractivity contribution in [3.63, 3.8) is 0 Å². The number of hydrogen-bond acceptors (Lipinski definition) is 2. The van der Waals surface area contributed by atoms with Gasteiger partial charge < -0.3 is 10.6 Å². The average Bonchev–Trinajstić information content (AvgIpc) is 2.91. The van der Waals surface area contributed by atoms with Crippen LogP contribution in [-0.4, -0.2) is 11.8 Å². The van der Waals surface area contributed by atoms with Gasteiger partial charge >= 0.3 is 0 Å². The van der Waals surface area contributed by atoms with Crippen molar-refractivity contribution < 1.29 is 9.59 Å². The van der Waals surface area contributed by atoms with Gasteiger partial charge in [-0.25, -0.2) is 0 Å². The summed E-state index contributed by atoms with van der Waals surface area (Å²) in [7, 11) is 0. The zero-order valence-electron chi connectivity index (χ0n) is 19.5. The summed E-state index contributed by atoms with van der Waals surface area (Å²) in [5, 5.41) is 5.95. The highest BCUT2D eigenvalue weighted by Gasteiger charge is 2.11. The lowest BCUT2D eigenvalue weighted by molar-refractivity contribution is 0.0931. The fourth-order valence-corrected chi connectivity index (χ4v) is 3.39. The van der Waals surface area contributed by atoms with Gasteiger partial charge in [-0.05, 0) is 49.2 Å². The van der Waals surface area contributed by atoms with Gasteiger partial charge in [-0.3, -0.25) is 9.59 Å². The smallest absolute Gasteiger partial charge is 0.251 e. The van der Waals surface area contributed by atoms with Crippen LogP contribution in [0, 0.1) is 0 Å². The normalized spacial score (nSPS) is 11.8. The molecule has 0 aliphatic heterocycles. The monoisotopic (exact) mass is 450 g/mol. The molecule has 0 aromatic heterocycles. The molecule has 0 saturated heterocycles. The Morgan fingerprint density at radius 3 is 1.03 bits per heavy atom. The topological polar surface area (TPSA) is 58.2 Å². The second kappa shape index (κ2) is 12.8. The molecule has 4 rings (SSSR count). The molecule has 4 aromatic carbocycles. The SMILES string of the molecule is C[C@H](NC(=O)c1ccccc1)c1ccccc1.C[C@H](NC(=O)c1ccccc1)c1ccccc1. The Morgan fingerprint density at radius 2 is 0.735 bits per heavy atom. The van der Waals surface area contributed by atoms with Gasteiger partial charge in [0.25, 0.3) is 11.8 Å². The van der Waals surface area contributed by atoms with E-state index in [1.54, 1.807) is 0 Å². The van der Waals surface area contributed by atoms with Gasteiger partial charge in [0.05, 0.1) is 12.1 Å². The van der Waals surface area contributed by atoms with Gasteiger partial charge in [0.2, 0.25) is 0 Å². The van der Waals surface area contributed by atoms with Gasteiger partial charge in [0.15, 0.2) is 0 Å². The second-order valence-electron chi connectivity index (χ2n) is 7.94. The minimum atomic E-state index is -0.0399. The zero-order valence-corrected chi connectivity index (χ0v) is 19.5. The van der Waals surface area contributed by atoms with Crippen LogP contribution < -0.4 is 10.6 Å². The second-order valence-corrected chi connectivity index (χ2v) is 7.94. The molecule has 172 valence electrons. The molecule has 0 radical (unpaired) electrons. The van der Waals surface area contributed by atoms with E-state index in [4.69, 9.17) is 0 Å². The van der Waals surface area contributed by atoms with Crippen LogP contribution in [0.25, 0.3) is 0 Å². The largest absolute Gasteiger partial charge is 0.346 e. The molecule has 0 fully saturated rings. The van der Waals surface area contributed by atoms with Crippen molar-refractivity contribution in [3.8, 4) is 0 Å². The first-order valence-electron chi connectivity index (χ1n) is 11.4. The van der Waals surface area contributed by atoms with E-state index in [2.05, 4.69) is 10.6 Å². The van der Waals surface area contributed by atoms with Crippen LogP contribution in [-0.2, 0) is 0 Å². The Hall–Kier alpha value is -4.18. The first kappa shape index (κ1) is 24.5. The third-order valence-electron chi connectivity index (χ3n) is 5.37. The van der Waals surface area contributed by atoms with E-state index in [0.29, 0.717) is 11.1 Å². The van der Waals surface area contributed by atoms with Crippen LogP contribution >= 0.6 is 0 Å². The quantitative estimate of drug-likeness (QED) is 0.359. The molecule has 0 saturated carbocycles. The van der Waals surface area contributed by atoms with Crippen molar-refractivity contribution in [2.24, 2.45) is 0 Å².